The van der Waals surface area contributed by atoms with Crippen LogP contribution < -0.4 is 9.47 Å². The number of aromatic nitrogens is 1. The van der Waals surface area contributed by atoms with Gasteiger partial charge in [0.15, 0.2) is 0 Å². The summed E-state index contributed by atoms with van der Waals surface area (Å²) < 4.78 is 59.8. The van der Waals surface area contributed by atoms with Crippen LogP contribution in [0.2, 0.25) is 0 Å². The Labute approximate surface area is 165 Å². The van der Waals surface area contributed by atoms with Crippen molar-refractivity contribution in [2.75, 3.05) is 0 Å². The zero-order valence-electron chi connectivity index (χ0n) is 14.5. The summed E-state index contributed by atoms with van der Waals surface area (Å²) in [5, 5.41) is 9.63. The summed E-state index contributed by atoms with van der Waals surface area (Å²) in [5.41, 5.74) is 0.983. The summed E-state index contributed by atoms with van der Waals surface area (Å²) in [6, 6.07) is 10.4. The Balaban J connectivity index is 2.07. The second kappa shape index (κ2) is 8.91. The van der Waals surface area contributed by atoms with Gasteiger partial charge in [-0.25, -0.2) is 4.98 Å². The fourth-order valence-corrected chi connectivity index (χ4v) is 3.54. The number of fused-ring (bicyclic) bond motifs is 1. The largest absolute Gasteiger partial charge is 0.481 e. The number of carboxylic acid groups (broad SMARTS) is 1. The van der Waals surface area contributed by atoms with Crippen molar-refractivity contribution < 1.29 is 36.9 Å². The van der Waals surface area contributed by atoms with Crippen LogP contribution in [0.25, 0.3) is 21.9 Å². The summed E-state index contributed by atoms with van der Waals surface area (Å²) in [6.45, 7) is -6.35. The molecule has 0 atom stereocenters. The molecule has 0 radical (unpaired) electrons. The molecule has 0 unspecified atom stereocenters. The van der Waals surface area contributed by atoms with Gasteiger partial charge in [0.05, 0.1) is 16.6 Å². The molecule has 0 amide bonds. The molecule has 5 nitrogen and oxygen atoms in total. The smallest absolute Gasteiger partial charge is 0.387 e. The lowest BCUT2D eigenvalue weighted by Gasteiger charge is -2.12. The molecule has 0 saturated carbocycles. The quantitative estimate of drug-likeness (QED) is 0.480. The minimum atomic E-state index is -3.21. The van der Waals surface area contributed by atoms with Crippen molar-refractivity contribution in [2.24, 2.45) is 0 Å². The van der Waals surface area contributed by atoms with E-state index in [1.165, 1.54) is 23.5 Å². The van der Waals surface area contributed by atoms with Crippen molar-refractivity contribution in [1.82, 2.24) is 4.98 Å². The molecule has 0 aliphatic carbocycles. The maximum absolute atomic E-state index is 12.8. The Morgan fingerprint density at radius 1 is 1.10 bits per heavy atom. The van der Waals surface area contributed by atoms with Crippen molar-refractivity contribution in [3.05, 3.63) is 53.0 Å². The number of nitrogens with zero attached hydrogens (tertiary/aromatic N) is 1. The molecule has 3 aromatic rings. The highest BCUT2D eigenvalue weighted by Crippen LogP contribution is 2.34. The fourth-order valence-electron chi connectivity index (χ4n) is 2.56. The van der Waals surface area contributed by atoms with E-state index in [2.05, 4.69) is 14.5 Å². The van der Waals surface area contributed by atoms with Crippen LogP contribution >= 0.6 is 11.3 Å². The minimum Gasteiger partial charge on any atom is -0.481 e. The van der Waals surface area contributed by atoms with E-state index in [0.29, 0.717) is 10.5 Å². The number of carboxylic acids is 1. The molecule has 0 aliphatic heterocycles. The molecule has 1 aromatic heterocycles. The highest BCUT2D eigenvalue weighted by molar-refractivity contribution is 7.19. The first-order valence-corrected chi connectivity index (χ1v) is 8.95. The van der Waals surface area contributed by atoms with Crippen molar-refractivity contribution >= 4 is 39.2 Å². The van der Waals surface area contributed by atoms with Crippen LogP contribution in [0.15, 0.2) is 42.5 Å². The number of halogens is 4. The Morgan fingerprint density at radius 3 is 2.48 bits per heavy atom. The van der Waals surface area contributed by atoms with Gasteiger partial charge in [0.25, 0.3) is 0 Å². The summed E-state index contributed by atoms with van der Waals surface area (Å²) in [6.07, 6.45) is 0.902. The van der Waals surface area contributed by atoms with Gasteiger partial charge in [-0.15, -0.1) is 11.3 Å². The van der Waals surface area contributed by atoms with Crippen LogP contribution in [0.3, 0.4) is 0 Å². The second-order valence-corrected chi connectivity index (χ2v) is 6.71. The van der Waals surface area contributed by atoms with Gasteiger partial charge in [-0.2, -0.15) is 17.6 Å². The molecule has 29 heavy (non-hydrogen) atoms. The molecule has 0 bridgehead atoms. The monoisotopic (exact) mass is 427 g/mol. The molecule has 10 heteroatoms. The zero-order valence-corrected chi connectivity index (χ0v) is 15.3. The van der Waals surface area contributed by atoms with E-state index in [1.807, 2.05) is 6.07 Å². The first-order valence-electron chi connectivity index (χ1n) is 8.14. The molecule has 0 spiro atoms. The Morgan fingerprint density at radius 2 is 1.83 bits per heavy atom. The highest BCUT2D eigenvalue weighted by Gasteiger charge is 2.16. The first kappa shape index (κ1) is 20.6. The van der Waals surface area contributed by atoms with E-state index in [0.717, 1.165) is 16.8 Å². The molecular formula is C19H13F4NO4S. The maximum Gasteiger partial charge on any atom is 0.387 e. The highest BCUT2D eigenvalue weighted by atomic mass is 32.1. The normalized spacial score (nSPS) is 12.0. The van der Waals surface area contributed by atoms with Gasteiger partial charge in [0.2, 0.25) is 0 Å². The molecule has 1 N–H and O–H groups in total. The summed E-state index contributed by atoms with van der Waals surface area (Å²) in [7, 11) is 0. The number of rotatable bonds is 8. The maximum atomic E-state index is 12.8. The van der Waals surface area contributed by atoms with Gasteiger partial charge < -0.3 is 14.6 Å². The van der Waals surface area contributed by atoms with Crippen LogP contribution in [0, 0.1) is 0 Å². The lowest BCUT2D eigenvalue weighted by atomic mass is 10.1. The number of hydrogen-bond donors (Lipinski definition) is 1. The average Bonchev–Trinajstić information content (AvgIpc) is 3.06. The van der Waals surface area contributed by atoms with Crippen LogP contribution in [-0.2, 0) is 4.79 Å². The lowest BCUT2D eigenvalue weighted by Crippen LogP contribution is -2.06. The van der Waals surface area contributed by atoms with Crippen molar-refractivity contribution in [2.45, 2.75) is 19.6 Å². The number of alkyl halides is 4. The van der Waals surface area contributed by atoms with E-state index in [9.17, 15) is 27.5 Å². The third-order valence-corrected chi connectivity index (χ3v) is 4.78. The van der Waals surface area contributed by atoms with Gasteiger partial charge in [-0.05, 0) is 35.9 Å². The molecule has 0 fully saturated rings. The number of para-hydroxylation sites is 1. The van der Waals surface area contributed by atoms with Crippen LogP contribution in [-0.4, -0.2) is 29.3 Å². The van der Waals surface area contributed by atoms with Gasteiger partial charge >= 0.3 is 19.2 Å². The molecule has 1 heterocycles. The SMILES string of the molecule is O=C(O)C/C(=C\c1ccc(OC(F)F)cc1OC(F)F)c1nc2ccccc2s1. The number of thiazole rings is 1. The lowest BCUT2D eigenvalue weighted by molar-refractivity contribution is -0.135. The Hall–Kier alpha value is -3.14. The molecule has 0 saturated heterocycles. The molecular weight excluding hydrogens is 414 g/mol. The van der Waals surface area contributed by atoms with E-state index in [4.69, 9.17) is 0 Å². The molecule has 2 aromatic carbocycles. The zero-order chi connectivity index (χ0) is 21.0. The summed E-state index contributed by atoms with van der Waals surface area (Å²) in [4.78, 5) is 15.7. The van der Waals surface area contributed by atoms with E-state index in [1.54, 1.807) is 18.2 Å². The summed E-state index contributed by atoms with van der Waals surface area (Å²) >= 11 is 1.24. The number of hydrogen-bond acceptors (Lipinski definition) is 5. The van der Waals surface area contributed by atoms with Gasteiger partial charge in [0, 0.05) is 11.6 Å². The number of ether oxygens (including phenoxy) is 2. The predicted octanol–water partition coefficient (Wildman–Crippen LogP) is 5.51. The summed E-state index contributed by atoms with van der Waals surface area (Å²) in [5.74, 6) is -1.95. The molecule has 0 aliphatic rings. The topological polar surface area (TPSA) is 68.7 Å². The van der Waals surface area contributed by atoms with E-state index >= 15 is 0 Å². The Kier molecular flexibility index (Phi) is 6.32. The van der Waals surface area contributed by atoms with Crippen molar-refractivity contribution in [3.8, 4) is 11.5 Å². The van der Waals surface area contributed by atoms with Crippen molar-refractivity contribution in [3.63, 3.8) is 0 Å². The van der Waals surface area contributed by atoms with Gasteiger partial charge in [-0.1, -0.05) is 12.1 Å². The number of carbonyl (C=O) groups is 1. The minimum absolute atomic E-state index is 0.0717. The third-order valence-electron chi connectivity index (χ3n) is 3.67. The van der Waals surface area contributed by atoms with Crippen LogP contribution in [0.4, 0.5) is 17.6 Å². The molecule has 3 rings (SSSR count). The Bertz CT molecular complexity index is 1020. The number of aliphatic carboxylic acids is 1. The number of benzene rings is 2. The third kappa shape index (κ3) is 5.44. The van der Waals surface area contributed by atoms with Gasteiger partial charge in [-0.3, -0.25) is 4.79 Å². The average molecular weight is 427 g/mol. The standard InChI is InChI=1S/C19H13F4NO4S/c20-18(21)27-12-6-5-10(14(9-12)28-19(22)23)7-11(8-16(25)26)17-24-13-3-1-2-4-15(13)29-17/h1-7,9,18-19H,8H2,(H,25,26)/b11-7+. The van der Waals surface area contributed by atoms with Crippen molar-refractivity contribution in [1.29, 1.82) is 0 Å². The van der Waals surface area contributed by atoms with E-state index in [-0.39, 0.29) is 16.9 Å². The second-order valence-electron chi connectivity index (χ2n) is 5.68. The van der Waals surface area contributed by atoms with Crippen LogP contribution in [0.1, 0.15) is 17.0 Å². The first-order chi connectivity index (χ1) is 13.8. The van der Waals surface area contributed by atoms with E-state index < -0.39 is 31.4 Å². The predicted molar refractivity (Wildman–Crippen MR) is 99.4 cm³/mol. The fraction of sp³-hybridized carbons (Fsp3) is 0.158. The van der Waals surface area contributed by atoms with Gasteiger partial charge in [0.1, 0.15) is 16.5 Å². The molecule has 152 valence electrons. The van der Waals surface area contributed by atoms with Crippen LogP contribution in [0.5, 0.6) is 11.5 Å².